The normalized spacial score (nSPS) is 19.3. The van der Waals surface area contributed by atoms with Gasteiger partial charge >= 0.3 is 5.97 Å². The largest absolute Gasteiger partial charge is 0.490 e. The average Bonchev–Trinajstić information content (AvgIpc) is 3.63. The zero-order chi connectivity index (χ0) is 24.6. The van der Waals surface area contributed by atoms with Crippen LogP contribution in [0, 0.1) is 11.3 Å². The standard InChI is InChI=1S/C27H27N5O4/c28-14-15-9-17(11-19(10-15)35-18-3-1-2-4-18)27-31-26(32-36-27)16-5-6-22-21(12-16)20-7-8-29-23(13-24(33)34)25(20)30-22/h9-12,18,23,29-30H,1-8,13H2,(H,33,34). The molecule has 2 aliphatic carbocycles. The van der Waals surface area contributed by atoms with Crippen LogP contribution in [0.5, 0.6) is 5.75 Å². The van der Waals surface area contributed by atoms with Crippen molar-refractivity contribution < 1.29 is 19.2 Å². The Bertz CT molecular complexity index is 1390. The highest BCUT2D eigenvalue weighted by atomic mass is 16.5. The predicted octanol–water partition coefficient (Wildman–Crippen LogP) is 4.41. The van der Waals surface area contributed by atoms with Crippen LogP contribution in [0.4, 0.5) is 0 Å². The molecule has 36 heavy (non-hydrogen) atoms. The molecule has 1 unspecified atom stereocenters. The summed E-state index contributed by atoms with van der Waals surface area (Å²) >= 11 is 0. The van der Waals surface area contributed by atoms with Gasteiger partial charge in [0.05, 0.1) is 30.2 Å². The molecule has 1 atom stereocenters. The van der Waals surface area contributed by atoms with E-state index >= 15 is 0 Å². The molecule has 3 aliphatic rings. The fourth-order valence-corrected chi connectivity index (χ4v) is 5.60. The van der Waals surface area contributed by atoms with Gasteiger partial charge in [0.25, 0.3) is 5.89 Å². The second-order valence-electron chi connectivity index (χ2n) is 9.74. The Labute approximate surface area is 208 Å². The maximum Gasteiger partial charge on any atom is 0.305 e. The Morgan fingerprint density at radius 2 is 2.08 bits per heavy atom. The first-order chi connectivity index (χ1) is 17.6. The number of aliphatic carboxylic acids is 1. The first-order valence-electron chi connectivity index (χ1n) is 12.5. The topological polar surface area (TPSA) is 137 Å². The molecule has 1 saturated carbocycles. The lowest BCUT2D eigenvalue weighted by atomic mass is 9.91. The SMILES string of the molecule is N#Cc1cc(OC2CCCC2)cc(-c2nc(C3=Cc4c([nH]c5c4CCNC5CC(=O)O)CC3)no2)c1. The van der Waals surface area contributed by atoms with Crippen molar-refractivity contribution in [1.82, 2.24) is 20.4 Å². The molecule has 1 aliphatic heterocycles. The van der Waals surface area contributed by atoms with Gasteiger partial charge in [-0.3, -0.25) is 4.79 Å². The van der Waals surface area contributed by atoms with Crippen molar-refractivity contribution in [2.45, 2.75) is 63.5 Å². The predicted molar refractivity (Wildman–Crippen MR) is 131 cm³/mol. The van der Waals surface area contributed by atoms with Crippen molar-refractivity contribution in [3.8, 4) is 23.3 Å². The summed E-state index contributed by atoms with van der Waals surface area (Å²) in [6, 6.07) is 7.35. The minimum absolute atomic E-state index is 0.0470. The van der Waals surface area contributed by atoms with Crippen molar-refractivity contribution in [3.05, 3.63) is 52.1 Å². The van der Waals surface area contributed by atoms with Crippen molar-refractivity contribution in [2.75, 3.05) is 6.54 Å². The number of H-pyrrole nitrogens is 1. The van der Waals surface area contributed by atoms with Crippen molar-refractivity contribution in [2.24, 2.45) is 0 Å². The summed E-state index contributed by atoms with van der Waals surface area (Å²) in [4.78, 5) is 19.5. The second-order valence-corrected chi connectivity index (χ2v) is 9.74. The molecule has 3 heterocycles. The number of fused-ring (bicyclic) bond motifs is 3. The molecular weight excluding hydrogens is 458 g/mol. The summed E-state index contributed by atoms with van der Waals surface area (Å²) in [6.45, 7) is 0.741. The van der Waals surface area contributed by atoms with E-state index in [-0.39, 0.29) is 18.6 Å². The average molecular weight is 486 g/mol. The molecule has 9 nitrogen and oxygen atoms in total. The first kappa shape index (κ1) is 22.6. The third kappa shape index (κ3) is 4.29. The Kier molecular flexibility index (Phi) is 5.82. The summed E-state index contributed by atoms with van der Waals surface area (Å²) in [5, 5.41) is 26.4. The van der Waals surface area contributed by atoms with Gasteiger partial charge in [-0.15, -0.1) is 0 Å². The van der Waals surface area contributed by atoms with Crippen molar-refractivity contribution >= 4 is 17.6 Å². The van der Waals surface area contributed by atoms with Crippen LogP contribution >= 0.6 is 0 Å². The second kappa shape index (κ2) is 9.28. The molecule has 3 N–H and O–H groups in total. The van der Waals surface area contributed by atoms with Gasteiger partial charge in [-0.1, -0.05) is 5.16 Å². The lowest BCUT2D eigenvalue weighted by Gasteiger charge is -2.23. The molecule has 0 spiro atoms. The number of hydrogen-bond donors (Lipinski definition) is 3. The monoisotopic (exact) mass is 485 g/mol. The number of rotatable bonds is 6. The number of nitrogens with one attached hydrogen (secondary N) is 2. The lowest BCUT2D eigenvalue weighted by molar-refractivity contribution is -0.137. The van der Waals surface area contributed by atoms with Crippen LogP contribution in [0.3, 0.4) is 0 Å². The Morgan fingerprint density at radius 1 is 1.22 bits per heavy atom. The highest BCUT2D eigenvalue weighted by Crippen LogP contribution is 2.37. The van der Waals surface area contributed by atoms with E-state index in [1.165, 1.54) is 18.4 Å². The summed E-state index contributed by atoms with van der Waals surface area (Å²) in [7, 11) is 0. The number of aryl methyl sites for hydroxylation is 1. The van der Waals surface area contributed by atoms with Crippen LogP contribution in [0.15, 0.2) is 22.7 Å². The third-order valence-corrected chi connectivity index (χ3v) is 7.32. The maximum atomic E-state index is 11.3. The van der Waals surface area contributed by atoms with Crippen LogP contribution in [0.1, 0.15) is 78.5 Å². The number of aromatic nitrogens is 3. The van der Waals surface area contributed by atoms with Gasteiger partial charge in [-0.25, -0.2) is 0 Å². The van der Waals surface area contributed by atoms with Gasteiger partial charge in [-0.05, 0) is 86.9 Å². The zero-order valence-corrected chi connectivity index (χ0v) is 19.8. The van der Waals surface area contributed by atoms with Crippen LogP contribution in [-0.4, -0.2) is 38.8 Å². The molecular formula is C27H27N5O4. The molecule has 0 amide bonds. The molecule has 6 rings (SSSR count). The van der Waals surface area contributed by atoms with Crippen LogP contribution < -0.4 is 10.1 Å². The molecule has 0 radical (unpaired) electrons. The lowest BCUT2D eigenvalue weighted by Crippen LogP contribution is -2.31. The van der Waals surface area contributed by atoms with Gasteiger partial charge in [0.15, 0.2) is 5.82 Å². The summed E-state index contributed by atoms with van der Waals surface area (Å²) in [6.07, 6.45) is 9.11. The van der Waals surface area contributed by atoms with Gasteiger partial charge in [0.2, 0.25) is 0 Å². The number of ether oxygens (including phenoxy) is 1. The zero-order valence-electron chi connectivity index (χ0n) is 19.8. The highest BCUT2D eigenvalue weighted by Gasteiger charge is 2.29. The summed E-state index contributed by atoms with van der Waals surface area (Å²) in [5.41, 5.74) is 6.53. The minimum atomic E-state index is -0.819. The van der Waals surface area contributed by atoms with Gasteiger partial charge in [0.1, 0.15) is 5.75 Å². The van der Waals surface area contributed by atoms with E-state index in [4.69, 9.17) is 9.26 Å². The number of carboxylic acids is 1. The first-order valence-corrected chi connectivity index (χ1v) is 12.5. The van der Waals surface area contributed by atoms with E-state index in [1.54, 1.807) is 12.1 Å². The smallest absolute Gasteiger partial charge is 0.305 e. The fourth-order valence-electron chi connectivity index (χ4n) is 5.60. The maximum absolute atomic E-state index is 11.3. The molecule has 184 valence electrons. The van der Waals surface area contributed by atoms with E-state index in [0.29, 0.717) is 28.6 Å². The van der Waals surface area contributed by atoms with Crippen LogP contribution in [-0.2, 0) is 17.6 Å². The van der Waals surface area contributed by atoms with Gasteiger partial charge < -0.3 is 24.7 Å². The highest BCUT2D eigenvalue weighted by molar-refractivity contribution is 5.83. The number of nitriles is 1. The number of aromatic amines is 1. The van der Waals surface area contributed by atoms with E-state index in [1.807, 2.05) is 6.07 Å². The minimum Gasteiger partial charge on any atom is -0.490 e. The van der Waals surface area contributed by atoms with Crippen LogP contribution in [0.25, 0.3) is 23.1 Å². The number of hydrogen-bond acceptors (Lipinski definition) is 7. The Balaban J connectivity index is 1.29. The quantitative estimate of drug-likeness (QED) is 0.467. The third-order valence-electron chi connectivity index (χ3n) is 7.32. The molecule has 3 aromatic rings. The Hall–Kier alpha value is -3.90. The number of carbonyl (C=O) groups is 1. The fraction of sp³-hybridized carbons (Fsp3) is 0.407. The van der Waals surface area contributed by atoms with Gasteiger partial charge in [-0.2, -0.15) is 10.2 Å². The summed E-state index contributed by atoms with van der Waals surface area (Å²) in [5.74, 6) is 0.718. The van der Waals surface area contributed by atoms with Crippen molar-refractivity contribution in [3.63, 3.8) is 0 Å². The summed E-state index contributed by atoms with van der Waals surface area (Å²) < 4.78 is 11.7. The van der Waals surface area contributed by atoms with Crippen molar-refractivity contribution in [1.29, 1.82) is 5.26 Å². The molecule has 2 aromatic heterocycles. The number of benzene rings is 1. The molecule has 0 saturated heterocycles. The Morgan fingerprint density at radius 3 is 2.89 bits per heavy atom. The molecule has 0 bridgehead atoms. The van der Waals surface area contributed by atoms with E-state index in [9.17, 15) is 15.2 Å². The van der Waals surface area contributed by atoms with Gasteiger partial charge in [0, 0.05) is 22.5 Å². The van der Waals surface area contributed by atoms with Crippen LogP contribution in [0.2, 0.25) is 0 Å². The molecule has 1 fully saturated rings. The van der Waals surface area contributed by atoms with E-state index in [2.05, 4.69) is 32.6 Å². The van der Waals surface area contributed by atoms with E-state index < -0.39 is 5.97 Å². The molecule has 9 heteroatoms. The molecule has 1 aromatic carbocycles. The van der Waals surface area contributed by atoms with E-state index in [0.717, 1.165) is 61.2 Å². The number of carboxylic acid groups (broad SMARTS) is 1. The number of nitrogens with zero attached hydrogens (tertiary/aromatic N) is 3. The number of allylic oxidation sites excluding steroid dienone is 1.